The number of urea groups is 1. The quantitative estimate of drug-likeness (QED) is 0.755. The van der Waals surface area contributed by atoms with Crippen molar-refractivity contribution in [3.63, 3.8) is 0 Å². The van der Waals surface area contributed by atoms with E-state index >= 15 is 0 Å². The predicted molar refractivity (Wildman–Crippen MR) is 68.4 cm³/mol. The van der Waals surface area contributed by atoms with E-state index < -0.39 is 9.84 Å². The molecule has 0 spiro atoms. The van der Waals surface area contributed by atoms with E-state index in [1.54, 1.807) is 0 Å². The number of hydrogen-bond donors (Lipinski definition) is 1. The van der Waals surface area contributed by atoms with Gasteiger partial charge in [-0.3, -0.25) is 14.8 Å². The molecule has 2 aliphatic heterocycles. The molecule has 0 aromatic heterocycles. The summed E-state index contributed by atoms with van der Waals surface area (Å²) in [7, 11) is -3.44. The van der Waals surface area contributed by atoms with Gasteiger partial charge in [0.05, 0.1) is 19.7 Å². The Labute approximate surface area is 111 Å². The molecule has 2 heterocycles. The number of halogens is 1. The molecule has 0 atom stereocenters. The fourth-order valence-electron chi connectivity index (χ4n) is 1.78. The van der Waals surface area contributed by atoms with Gasteiger partial charge in [-0.25, -0.2) is 13.2 Å². The monoisotopic (exact) mass is 295 g/mol. The van der Waals surface area contributed by atoms with Crippen molar-refractivity contribution in [2.24, 2.45) is 4.99 Å². The van der Waals surface area contributed by atoms with Crippen LogP contribution >= 0.6 is 12.4 Å². The molecule has 9 heteroatoms. The fraction of sp³-hybridized carbons (Fsp3) is 0.556. The summed E-state index contributed by atoms with van der Waals surface area (Å²) in [6.45, 7) is 0.630. The van der Waals surface area contributed by atoms with E-state index in [9.17, 15) is 13.2 Å². The van der Waals surface area contributed by atoms with Crippen LogP contribution < -0.4 is 0 Å². The number of hydrogen-bond acceptors (Lipinski definition) is 5. The maximum atomic E-state index is 11.9. The second kappa shape index (κ2) is 5.25. The van der Waals surface area contributed by atoms with Crippen molar-refractivity contribution in [1.29, 1.82) is 0 Å². The van der Waals surface area contributed by atoms with E-state index in [1.165, 1.54) is 16.0 Å². The highest BCUT2D eigenvalue weighted by atomic mass is 35.5. The lowest BCUT2D eigenvalue weighted by Crippen LogP contribution is -2.49. The summed E-state index contributed by atoms with van der Waals surface area (Å²) in [6, 6.07) is -0.345. The van der Waals surface area contributed by atoms with Gasteiger partial charge >= 0.3 is 6.03 Å². The highest BCUT2D eigenvalue weighted by Crippen LogP contribution is 2.22. The summed E-state index contributed by atoms with van der Waals surface area (Å²) in [6.07, 6.45) is 2.32. The van der Waals surface area contributed by atoms with Crippen LogP contribution in [0.4, 0.5) is 4.79 Å². The molecule has 7 nitrogen and oxygen atoms in total. The topological polar surface area (TPSA) is 90.3 Å². The van der Waals surface area contributed by atoms with E-state index in [1.807, 2.05) is 0 Å². The Kier molecular flexibility index (Phi) is 4.36. The van der Waals surface area contributed by atoms with Gasteiger partial charge in [0.2, 0.25) is 0 Å². The number of β-amino-alcohol motifs (C(OH)–C–C–N with tert-alkyl or cyclic N) is 1. The summed E-state index contributed by atoms with van der Waals surface area (Å²) >= 11 is 0. The number of carbonyl (C=O) groups excluding carboxylic acids is 1. The molecule has 0 bridgehead atoms. The lowest BCUT2D eigenvalue weighted by atomic mass is 10.4. The molecule has 0 saturated carbocycles. The molecule has 2 aliphatic rings. The van der Waals surface area contributed by atoms with Gasteiger partial charge in [-0.2, -0.15) is 0 Å². The minimum Gasteiger partial charge on any atom is -0.395 e. The molecule has 0 unspecified atom stereocenters. The molecule has 0 aromatic rings. The third-order valence-electron chi connectivity index (χ3n) is 2.55. The Hall–Kier alpha value is -1.12. The number of nitrogens with zero attached hydrogens (tertiary/aromatic N) is 3. The van der Waals surface area contributed by atoms with E-state index in [0.717, 1.165) is 6.26 Å². The van der Waals surface area contributed by atoms with E-state index in [2.05, 4.69) is 4.99 Å². The van der Waals surface area contributed by atoms with Crippen LogP contribution in [0.15, 0.2) is 16.1 Å². The van der Waals surface area contributed by atoms with E-state index in [-0.39, 0.29) is 42.3 Å². The average Bonchev–Trinajstić information content (AvgIpc) is 2.69. The first-order valence-corrected chi connectivity index (χ1v) is 7.00. The minimum atomic E-state index is -3.44. The van der Waals surface area contributed by atoms with Gasteiger partial charge in [0.15, 0.2) is 15.7 Å². The smallest absolute Gasteiger partial charge is 0.329 e. The van der Waals surface area contributed by atoms with Crippen molar-refractivity contribution in [2.75, 3.05) is 32.5 Å². The number of amides is 2. The lowest BCUT2D eigenvalue weighted by Gasteiger charge is -2.31. The van der Waals surface area contributed by atoms with Crippen molar-refractivity contribution in [3.05, 3.63) is 11.1 Å². The van der Waals surface area contributed by atoms with Gasteiger partial charge in [-0.1, -0.05) is 0 Å². The summed E-state index contributed by atoms with van der Waals surface area (Å²) in [5.74, 6) is 0.215. The molecule has 0 aromatic carbocycles. The van der Waals surface area contributed by atoms with Gasteiger partial charge in [0, 0.05) is 19.0 Å². The predicted octanol–water partition coefficient (Wildman–Crippen LogP) is -0.564. The first-order valence-electron chi connectivity index (χ1n) is 5.11. The fourth-order valence-corrected chi connectivity index (χ4v) is 2.61. The standard InChI is InChI=1S/C9H13N3O4S.ClH/c1-17(15,16)7-6-11(4-5-13)9(14)12-3-2-10-8(7)12;/h6,13H,2-5H2,1H3;1H. The van der Waals surface area contributed by atoms with Gasteiger partial charge in [-0.05, 0) is 0 Å². The summed E-state index contributed by atoms with van der Waals surface area (Å²) in [5.41, 5.74) is 0. The Morgan fingerprint density at radius 2 is 2.17 bits per heavy atom. The number of aliphatic hydroxyl groups excluding tert-OH is 1. The van der Waals surface area contributed by atoms with Crippen LogP contribution in [0.2, 0.25) is 0 Å². The number of amidine groups is 1. The maximum absolute atomic E-state index is 11.9. The SMILES string of the molecule is CS(=O)(=O)C1=CN(CCO)C(=O)N2CCN=C12.Cl. The Balaban J connectivity index is 0.00000162. The Morgan fingerprint density at radius 3 is 2.72 bits per heavy atom. The molecular formula is C9H14ClN3O4S. The van der Waals surface area contributed by atoms with Crippen LogP contribution in [-0.4, -0.2) is 67.7 Å². The normalized spacial score (nSPS) is 19.1. The van der Waals surface area contributed by atoms with Gasteiger partial charge in [-0.15, -0.1) is 12.4 Å². The second-order valence-electron chi connectivity index (χ2n) is 3.82. The molecule has 0 fully saturated rings. The van der Waals surface area contributed by atoms with E-state index in [4.69, 9.17) is 5.11 Å². The van der Waals surface area contributed by atoms with Gasteiger partial charge < -0.3 is 5.11 Å². The van der Waals surface area contributed by atoms with Crippen LogP contribution in [0.25, 0.3) is 0 Å². The van der Waals surface area contributed by atoms with Crippen molar-refractivity contribution in [1.82, 2.24) is 9.80 Å². The number of rotatable bonds is 3. The number of fused-ring (bicyclic) bond motifs is 1. The highest BCUT2D eigenvalue weighted by molar-refractivity contribution is 7.95. The van der Waals surface area contributed by atoms with E-state index in [0.29, 0.717) is 13.1 Å². The zero-order chi connectivity index (χ0) is 12.6. The van der Waals surface area contributed by atoms with Gasteiger partial charge in [0.25, 0.3) is 0 Å². The zero-order valence-electron chi connectivity index (χ0n) is 9.74. The summed E-state index contributed by atoms with van der Waals surface area (Å²) in [5, 5.41) is 8.84. The first-order chi connectivity index (χ1) is 7.95. The second-order valence-corrected chi connectivity index (χ2v) is 5.81. The summed E-state index contributed by atoms with van der Waals surface area (Å²) < 4.78 is 23.2. The number of aliphatic imine (C=N–C) groups is 1. The minimum absolute atomic E-state index is 0. The number of carbonyl (C=O) groups is 1. The molecular weight excluding hydrogens is 282 g/mol. The molecule has 0 saturated heterocycles. The van der Waals surface area contributed by atoms with Crippen molar-refractivity contribution >= 4 is 34.1 Å². The summed E-state index contributed by atoms with van der Waals surface area (Å²) in [4.78, 5) is 18.5. The van der Waals surface area contributed by atoms with Crippen LogP contribution in [-0.2, 0) is 9.84 Å². The van der Waals surface area contributed by atoms with Crippen LogP contribution in [0.1, 0.15) is 0 Å². The maximum Gasteiger partial charge on any atom is 0.329 e. The molecule has 18 heavy (non-hydrogen) atoms. The van der Waals surface area contributed by atoms with Crippen molar-refractivity contribution in [3.8, 4) is 0 Å². The van der Waals surface area contributed by atoms with Crippen molar-refractivity contribution in [2.45, 2.75) is 0 Å². The molecule has 1 N–H and O–H groups in total. The molecule has 2 amide bonds. The highest BCUT2D eigenvalue weighted by Gasteiger charge is 2.37. The zero-order valence-corrected chi connectivity index (χ0v) is 11.4. The third-order valence-corrected chi connectivity index (χ3v) is 3.64. The van der Waals surface area contributed by atoms with Crippen molar-refractivity contribution < 1.29 is 18.3 Å². The third kappa shape index (κ3) is 2.50. The van der Waals surface area contributed by atoms with Gasteiger partial charge in [0.1, 0.15) is 4.91 Å². The molecule has 102 valence electrons. The number of sulfone groups is 1. The largest absolute Gasteiger partial charge is 0.395 e. The van der Waals surface area contributed by atoms with Crippen LogP contribution in [0, 0.1) is 0 Å². The molecule has 0 radical (unpaired) electrons. The first kappa shape index (κ1) is 14.9. The Morgan fingerprint density at radius 1 is 1.50 bits per heavy atom. The molecule has 0 aliphatic carbocycles. The van der Waals surface area contributed by atoms with Crippen LogP contribution in [0.5, 0.6) is 0 Å². The number of aliphatic hydroxyl groups is 1. The van der Waals surface area contributed by atoms with Crippen LogP contribution in [0.3, 0.4) is 0 Å². The molecule has 2 rings (SSSR count). The lowest BCUT2D eigenvalue weighted by molar-refractivity contribution is 0.179. The Bertz CT molecular complexity index is 514. The average molecular weight is 296 g/mol.